The van der Waals surface area contributed by atoms with Crippen molar-refractivity contribution in [3.63, 3.8) is 0 Å². The Balaban J connectivity index is 1.78. The summed E-state index contributed by atoms with van der Waals surface area (Å²) >= 11 is 6.76. The minimum atomic E-state index is 0.695. The van der Waals surface area contributed by atoms with Gasteiger partial charge in [-0.2, -0.15) is 0 Å². The minimum absolute atomic E-state index is 0.695. The van der Waals surface area contributed by atoms with Crippen LogP contribution >= 0.6 is 39.0 Å². The lowest BCUT2D eigenvalue weighted by Gasteiger charge is -2.04. The highest BCUT2D eigenvalue weighted by Gasteiger charge is 2.13. The Morgan fingerprint density at radius 1 is 1.38 bits per heavy atom. The lowest BCUT2D eigenvalue weighted by molar-refractivity contribution is 0.542. The number of oxazole rings is 1. The van der Waals surface area contributed by atoms with Crippen molar-refractivity contribution >= 4 is 44.7 Å². The van der Waals surface area contributed by atoms with Gasteiger partial charge < -0.3 is 10.2 Å². The predicted molar refractivity (Wildman–Crippen MR) is 92.7 cm³/mol. The van der Waals surface area contributed by atoms with E-state index in [-0.39, 0.29) is 0 Å². The molecule has 0 aliphatic carbocycles. The number of hydrogen-bond acceptors (Lipinski definition) is 5. The third kappa shape index (κ3) is 3.33. The molecule has 0 saturated carbocycles. The smallest absolute Gasteiger partial charge is 0.236 e. The van der Waals surface area contributed by atoms with E-state index in [1.165, 1.54) is 0 Å². The molecule has 0 saturated heterocycles. The normalized spacial score (nSPS) is 11.0. The van der Waals surface area contributed by atoms with Gasteiger partial charge in [-0.25, -0.2) is 4.98 Å². The quantitative estimate of drug-likeness (QED) is 0.489. The molecular formula is C15H13BrN2OS2. The van der Waals surface area contributed by atoms with E-state index in [4.69, 9.17) is 10.2 Å². The monoisotopic (exact) mass is 380 g/mol. The van der Waals surface area contributed by atoms with Crippen molar-refractivity contribution in [1.29, 1.82) is 0 Å². The fraction of sp³-hybridized carbons (Fsp3) is 0.133. The molecular weight excluding hydrogens is 368 g/mol. The summed E-state index contributed by atoms with van der Waals surface area (Å²) in [5, 5.41) is 2.02. The first-order valence-corrected chi connectivity index (χ1v) is 8.97. The molecule has 3 aromatic rings. The maximum atomic E-state index is 5.99. The van der Waals surface area contributed by atoms with E-state index in [9.17, 15) is 0 Å². The summed E-state index contributed by atoms with van der Waals surface area (Å²) in [6.07, 6.45) is 0. The molecule has 3 nitrogen and oxygen atoms in total. The fourth-order valence-corrected chi connectivity index (χ4v) is 4.01. The number of nitrogens with zero attached hydrogens (tertiary/aromatic N) is 1. The largest absolute Gasteiger partial charge is 0.440 e. The Labute approximate surface area is 139 Å². The fourth-order valence-electron chi connectivity index (χ4n) is 1.85. The number of thioether (sulfide) groups is 1. The van der Waals surface area contributed by atoms with E-state index >= 15 is 0 Å². The highest BCUT2D eigenvalue weighted by Crippen LogP contribution is 2.33. The SMILES string of the molecule is Cc1oc(-c2cccs2)nc1CSc1cc(Br)ccc1N. The van der Waals surface area contributed by atoms with Gasteiger partial charge in [-0.1, -0.05) is 22.0 Å². The number of hydrogen-bond donors (Lipinski definition) is 1. The van der Waals surface area contributed by atoms with Crippen LogP contribution in [0.2, 0.25) is 0 Å². The molecule has 6 heteroatoms. The highest BCUT2D eigenvalue weighted by atomic mass is 79.9. The van der Waals surface area contributed by atoms with Crippen LogP contribution in [0.1, 0.15) is 11.5 Å². The molecule has 3 rings (SSSR count). The topological polar surface area (TPSA) is 52.0 Å². The number of nitrogen functional groups attached to an aromatic ring is 1. The second-order valence-corrected chi connectivity index (χ2v) is 7.35. The number of thiophene rings is 1. The molecule has 2 N–H and O–H groups in total. The van der Waals surface area contributed by atoms with Crippen LogP contribution in [-0.2, 0) is 5.75 Å². The number of anilines is 1. The van der Waals surface area contributed by atoms with Crippen molar-refractivity contribution in [2.24, 2.45) is 0 Å². The van der Waals surface area contributed by atoms with Gasteiger partial charge >= 0.3 is 0 Å². The zero-order chi connectivity index (χ0) is 14.8. The summed E-state index contributed by atoms with van der Waals surface area (Å²) in [6, 6.07) is 9.87. The zero-order valence-electron chi connectivity index (χ0n) is 11.3. The van der Waals surface area contributed by atoms with Crippen LogP contribution in [0.5, 0.6) is 0 Å². The number of benzene rings is 1. The Hall–Kier alpha value is -1.24. The third-order valence-corrected chi connectivity index (χ3v) is 5.40. The summed E-state index contributed by atoms with van der Waals surface area (Å²) < 4.78 is 6.77. The van der Waals surface area contributed by atoms with E-state index in [0.29, 0.717) is 5.89 Å². The van der Waals surface area contributed by atoms with Crippen molar-refractivity contribution in [3.8, 4) is 10.8 Å². The molecule has 2 heterocycles. The molecule has 1 aromatic carbocycles. The van der Waals surface area contributed by atoms with Gasteiger partial charge in [-0.3, -0.25) is 0 Å². The molecule has 0 spiro atoms. The molecule has 21 heavy (non-hydrogen) atoms. The van der Waals surface area contributed by atoms with Crippen LogP contribution in [0, 0.1) is 6.92 Å². The Bertz CT molecular complexity index is 753. The van der Waals surface area contributed by atoms with Gasteiger partial charge in [0.15, 0.2) is 0 Å². The van der Waals surface area contributed by atoms with Gasteiger partial charge in [0, 0.05) is 20.8 Å². The van der Waals surface area contributed by atoms with Crippen molar-refractivity contribution in [2.75, 3.05) is 5.73 Å². The molecule has 0 atom stereocenters. The maximum Gasteiger partial charge on any atom is 0.236 e. The van der Waals surface area contributed by atoms with Crippen LogP contribution in [0.25, 0.3) is 10.8 Å². The summed E-state index contributed by atoms with van der Waals surface area (Å²) in [5.41, 5.74) is 7.73. The summed E-state index contributed by atoms with van der Waals surface area (Å²) in [4.78, 5) is 6.69. The molecule has 0 unspecified atom stereocenters. The van der Waals surface area contributed by atoms with Gasteiger partial charge in [-0.05, 0) is 36.6 Å². The van der Waals surface area contributed by atoms with Crippen LogP contribution in [-0.4, -0.2) is 4.98 Å². The van der Waals surface area contributed by atoms with E-state index in [2.05, 4.69) is 20.9 Å². The second kappa shape index (κ2) is 6.25. The second-order valence-electron chi connectivity index (χ2n) is 4.47. The highest BCUT2D eigenvalue weighted by molar-refractivity contribution is 9.10. The van der Waals surface area contributed by atoms with Crippen LogP contribution in [0.4, 0.5) is 5.69 Å². The van der Waals surface area contributed by atoms with Gasteiger partial charge in [0.25, 0.3) is 0 Å². The standard InChI is InChI=1S/C15H13BrN2OS2/c1-9-12(18-15(19-9)13-3-2-6-20-13)8-21-14-7-10(16)4-5-11(14)17/h2-7H,8,17H2,1H3. The van der Waals surface area contributed by atoms with Gasteiger partial charge in [0.2, 0.25) is 5.89 Å². The average molecular weight is 381 g/mol. The molecule has 108 valence electrons. The number of nitrogens with two attached hydrogens (primary N) is 1. The molecule has 0 aliphatic rings. The number of halogens is 1. The molecule has 0 amide bonds. The predicted octanol–water partition coefficient (Wildman–Crippen LogP) is 5.35. The van der Waals surface area contributed by atoms with Crippen molar-refractivity contribution in [1.82, 2.24) is 4.98 Å². The van der Waals surface area contributed by atoms with Crippen molar-refractivity contribution in [3.05, 3.63) is 51.6 Å². The minimum Gasteiger partial charge on any atom is -0.440 e. The van der Waals surface area contributed by atoms with Crippen molar-refractivity contribution in [2.45, 2.75) is 17.6 Å². The maximum absolute atomic E-state index is 5.99. The van der Waals surface area contributed by atoms with Crippen LogP contribution < -0.4 is 5.73 Å². The molecule has 0 aliphatic heterocycles. The van der Waals surface area contributed by atoms with Crippen molar-refractivity contribution < 1.29 is 4.42 Å². The average Bonchev–Trinajstić information content (AvgIpc) is 3.09. The lowest BCUT2D eigenvalue weighted by Crippen LogP contribution is -1.90. The summed E-state index contributed by atoms with van der Waals surface area (Å²) in [5.74, 6) is 2.29. The number of aryl methyl sites for hydroxylation is 1. The van der Waals surface area contributed by atoms with Gasteiger partial charge in [0.05, 0.1) is 10.6 Å². The first-order valence-electron chi connectivity index (χ1n) is 6.31. The van der Waals surface area contributed by atoms with E-state index in [0.717, 1.165) is 37.1 Å². The Morgan fingerprint density at radius 2 is 2.24 bits per heavy atom. The van der Waals surface area contributed by atoms with E-state index in [1.54, 1.807) is 23.1 Å². The first kappa shape index (κ1) is 14.7. The van der Waals surface area contributed by atoms with E-state index in [1.807, 2.05) is 42.6 Å². The Morgan fingerprint density at radius 3 is 3.00 bits per heavy atom. The molecule has 0 radical (unpaired) electrons. The molecule has 0 fully saturated rings. The molecule has 0 bridgehead atoms. The van der Waals surface area contributed by atoms with Crippen LogP contribution in [0.15, 0.2) is 49.5 Å². The number of rotatable bonds is 4. The lowest BCUT2D eigenvalue weighted by atomic mass is 10.3. The summed E-state index contributed by atoms with van der Waals surface area (Å²) in [6.45, 7) is 1.95. The third-order valence-electron chi connectivity index (χ3n) is 2.96. The zero-order valence-corrected chi connectivity index (χ0v) is 14.5. The number of aromatic nitrogens is 1. The van der Waals surface area contributed by atoms with Crippen LogP contribution in [0.3, 0.4) is 0 Å². The van der Waals surface area contributed by atoms with Gasteiger partial charge in [-0.15, -0.1) is 23.1 Å². The Kier molecular flexibility index (Phi) is 4.37. The summed E-state index contributed by atoms with van der Waals surface area (Å²) in [7, 11) is 0. The van der Waals surface area contributed by atoms with Gasteiger partial charge in [0.1, 0.15) is 5.76 Å². The van der Waals surface area contributed by atoms with E-state index < -0.39 is 0 Å². The molecule has 2 aromatic heterocycles. The first-order chi connectivity index (χ1) is 10.1.